The van der Waals surface area contributed by atoms with Crippen LogP contribution in [-0.4, -0.2) is 20.2 Å². The minimum atomic E-state index is -3.91. The van der Waals surface area contributed by atoms with Crippen molar-refractivity contribution in [1.29, 1.82) is 0 Å². The van der Waals surface area contributed by atoms with Crippen LogP contribution in [0, 0.1) is 0 Å². The largest absolute Gasteiger partial charge is 0.326 e. The number of anilines is 2. The highest BCUT2D eigenvalue weighted by Gasteiger charge is 2.28. The molecule has 0 radical (unpaired) electrons. The average molecular weight is 508 g/mol. The van der Waals surface area contributed by atoms with Gasteiger partial charge in [0.15, 0.2) is 0 Å². The first-order valence-electron chi connectivity index (χ1n) is 8.76. The highest BCUT2D eigenvalue weighted by molar-refractivity contribution is 9.11. The lowest BCUT2D eigenvalue weighted by atomic mass is 10.1. The summed E-state index contributed by atoms with van der Waals surface area (Å²) in [6.07, 6.45) is 0. The van der Waals surface area contributed by atoms with Gasteiger partial charge >= 0.3 is 0 Å². The lowest BCUT2D eigenvalue weighted by Crippen LogP contribution is -2.36. The summed E-state index contributed by atoms with van der Waals surface area (Å²) < 4.78 is 28.8. The number of halogens is 1. The maximum Gasteiger partial charge on any atom is 0.251 e. The number of hydrogen-bond donors (Lipinski definition) is 3. The van der Waals surface area contributed by atoms with Gasteiger partial charge in [-0.1, -0.05) is 30.3 Å². The smallest absolute Gasteiger partial charge is 0.251 e. The molecule has 0 saturated carbocycles. The second-order valence-electron chi connectivity index (χ2n) is 6.27. The minimum Gasteiger partial charge on any atom is -0.326 e. The molecule has 0 aliphatic heterocycles. The van der Waals surface area contributed by atoms with Crippen molar-refractivity contribution in [2.24, 2.45) is 0 Å². The molecule has 0 aliphatic carbocycles. The van der Waals surface area contributed by atoms with E-state index in [1.54, 1.807) is 60.7 Å². The van der Waals surface area contributed by atoms with Gasteiger partial charge in [0, 0.05) is 18.3 Å². The van der Waals surface area contributed by atoms with E-state index in [9.17, 15) is 18.0 Å². The van der Waals surface area contributed by atoms with E-state index < -0.39 is 22.0 Å². The van der Waals surface area contributed by atoms with Crippen LogP contribution < -0.4 is 15.4 Å². The topological polar surface area (TPSA) is 104 Å². The Morgan fingerprint density at radius 3 is 2.03 bits per heavy atom. The molecule has 2 aromatic carbocycles. The van der Waals surface area contributed by atoms with E-state index in [0.717, 1.165) is 11.3 Å². The first-order valence-corrected chi connectivity index (χ1v) is 11.8. The van der Waals surface area contributed by atoms with Crippen LogP contribution in [0.4, 0.5) is 11.4 Å². The van der Waals surface area contributed by atoms with E-state index in [-0.39, 0.29) is 10.1 Å². The van der Waals surface area contributed by atoms with Crippen LogP contribution in [-0.2, 0) is 19.6 Å². The number of benzene rings is 2. The van der Waals surface area contributed by atoms with E-state index in [1.807, 2.05) is 0 Å². The SMILES string of the molecule is CC(=O)Nc1ccc(NC(=O)[C@H](NS(=O)(=O)c2ccc(Br)s2)c2ccccc2)cc1. The molecule has 0 fully saturated rings. The summed E-state index contributed by atoms with van der Waals surface area (Å²) in [5, 5.41) is 5.36. The van der Waals surface area contributed by atoms with Crippen molar-refractivity contribution in [2.45, 2.75) is 17.2 Å². The van der Waals surface area contributed by atoms with Crippen LogP contribution >= 0.6 is 27.3 Å². The Hall–Kier alpha value is -2.53. The van der Waals surface area contributed by atoms with Crippen LogP contribution in [0.15, 0.2) is 74.7 Å². The Kier molecular flexibility index (Phi) is 7.03. The van der Waals surface area contributed by atoms with Gasteiger partial charge in [0.2, 0.25) is 11.8 Å². The Morgan fingerprint density at radius 1 is 0.900 bits per heavy atom. The summed E-state index contributed by atoms with van der Waals surface area (Å²) in [6, 6.07) is 17.1. The van der Waals surface area contributed by atoms with Gasteiger partial charge in [-0.25, -0.2) is 8.42 Å². The quantitative estimate of drug-likeness (QED) is 0.447. The summed E-state index contributed by atoms with van der Waals surface area (Å²) in [4.78, 5) is 24.1. The molecule has 3 N–H and O–H groups in total. The molecule has 10 heteroatoms. The number of amides is 2. The van der Waals surface area contributed by atoms with Crippen molar-refractivity contribution in [3.05, 3.63) is 76.1 Å². The van der Waals surface area contributed by atoms with Crippen molar-refractivity contribution < 1.29 is 18.0 Å². The Bertz CT molecular complexity index is 1150. The number of sulfonamides is 1. The second kappa shape index (κ2) is 9.52. The Balaban J connectivity index is 1.83. The van der Waals surface area contributed by atoms with Gasteiger partial charge in [0.05, 0.1) is 3.79 Å². The van der Waals surface area contributed by atoms with Crippen LogP contribution in [0.5, 0.6) is 0 Å². The fraction of sp³-hybridized carbons (Fsp3) is 0.100. The first kappa shape index (κ1) is 22.2. The first-order chi connectivity index (χ1) is 14.2. The fourth-order valence-electron chi connectivity index (χ4n) is 2.63. The lowest BCUT2D eigenvalue weighted by molar-refractivity contribution is -0.118. The average Bonchev–Trinajstić information content (AvgIpc) is 3.15. The van der Waals surface area contributed by atoms with E-state index in [1.165, 1.54) is 13.0 Å². The number of thiophene rings is 1. The van der Waals surface area contributed by atoms with Gasteiger partial charge < -0.3 is 10.6 Å². The molecule has 0 unspecified atom stereocenters. The van der Waals surface area contributed by atoms with E-state index in [0.29, 0.717) is 20.7 Å². The summed E-state index contributed by atoms with van der Waals surface area (Å²) in [7, 11) is -3.91. The maximum absolute atomic E-state index is 13.0. The summed E-state index contributed by atoms with van der Waals surface area (Å²) in [5.74, 6) is -0.738. The number of nitrogens with one attached hydrogen (secondary N) is 3. The van der Waals surface area contributed by atoms with Crippen LogP contribution in [0.25, 0.3) is 0 Å². The molecule has 1 atom stereocenters. The summed E-state index contributed by atoms with van der Waals surface area (Å²) >= 11 is 4.30. The van der Waals surface area contributed by atoms with Crippen molar-refractivity contribution in [1.82, 2.24) is 4.72 Å². The normalized spacial score (nSPS) is 12.2. The predicted molar refractivity (Wildman–Crippen MR) is 121 cm³/mol. The molecule has 1 aromatic heterocycles. The molecule has 2 amide bonds. The zero-order valence-corrected chi connectivity index (χ0v) is 19.0. The van der Waals surface area contributed by atoms with E-state index in [4.69, 9.17) is 0 Å². The van der Waals surface area contributed by atoms with Crippen molar-refractivity contribution in [3.8, 4) is 0 Å². The molecule has 1 heterocycles. The third-order valence-electron chi connectivity index (χ3n) is 3.95. The van der Waals surface area contributed by atoms with Crippen molar-refractivity contribution in [2.75, 3.05) is 10.6 Å². The van der Waals surface area contributed by atoms with Gasteiger partial charge in [-0.15, -0.1) is 11.3 Å². The van der Waals surface area contributed by atoms with E-state index >= 15 is 0 Å². The van der Waals surface area contributed by atoms with Gasteiger partial charge in [-0.05, 0) is 57.9 Å². The molecule has 0 saturated heterocycles. The van der Waals surface area contributed by atoms with Crippen LogP contribution in [0.2, 0.25) is 0 Å². The molecule has 156 valence electrons. The van der Waals surface area contributed by atoms with Crippen LogP contribution in [0.1, 0.15) is 18.5 Å². The summed E-state index contributed by atoms with van der Waals surface area (Å²) in [5.41, 5.74) is 1.56. The summed E-state index contributed by atoms with van der Waals surface area (Å²) in [6.45, 7) is 1.40. The highest BCUT2D eigenvalue weighted by Crippen LogP contribution is 2.28. The Morgan fingerprint density at radius 2 is 1.50 bits per heavy atom. The second-order valence-corrected chi connectivity index (χ2v) is 10.7. The molecule has 3 aromatic rings. The van der Waals surface area contributed by atoms with Crippen molar-refractivity contribution >= 4 is 60.5 Å². The zero-order valence-electron chi connectivity index (χ0n) is 15.8. The molecular formula is C20H18BrN3O4S2. The number of hydrogen-bond acceptors (Lipinski definition) is 5. The van der Waals surface area contributed by atoms with Gasteiger partial charge in [0.1, 0.15) is 10.3 Å². The number of rotatable bonds is 7. The standard InChI is InChI=1S/C20H18BrN3O4S2/c1-13(25)22-15-7-9-16(10-8-15)23-20(26)19(14-5-3-2-4-6-14)24-30(27,28)18-12-11-17(21)29-18/h2-12,19,24H,1H3,(H,22,25)(H,23,26)/t19-/m1/s1. The van der Waals surface area contributed by atoms with Gasteiger partial charge in [0.25, 0.3) is 10.0 Å². The Labute approximate surface area is 186 Å². The number of carbonyl (C=O) groups is 2. The predicted octanol–water partition coefficient (Wildman–Crippen LogP) is 4.13. The molecule has 0 aliphatic rings. The maximum atomic E-state index is 13.0. The monoisotopic (exact) mass is 507 g/mol. The molecule has 0 bridgehead atoms. The molecule has 0 spiro atoms. The van der Waals surface area contributed by atoms with E-state index in [2.05, 4.69) is 31.3 Å². The molecular weight excluding hydrogens is 490 g/mol. The fourth-order valence-corrected chi connectivity index (χ4v) is 5.84. The minimum absolute atomic E-state index is 0.0998. The molecule has 7 nitrogen and oxygen atoms in total. The third-order valence-corrected chi connectivity index (χ3v) is 7.49. The third kappa shape index (κ3) is 5.76. The van der Waals surface area contributed by atoms with Crippen LogP contribution in [0.3, 0.4) is 0 Å². The zero-order chi connectivity index (χ0) is 21.7. The molecule has 30 heavy (non-hydrogen) atoms. The highest BCUT2D eigenvalue weighted by atomic mass is 79.9. The van der Waals surface area contributed by atoms with Crippen molar-refractivity contribution in [3.63, 3.8) is 0 Å². The van der Waals surface area contributed by atoms with Gasteiger partial charge in [-0.2, -0.15) is 4.72 Å². The van der Waals surface area contributed by atoms with Gasteiger partial charge in [-0.3, -0.25) is 9.59 Å². The number of carbonyl (C=O) groups excluding carboxylic acids is 2. The lowest BCUT2D eigenvalue weighted by Gasteiger charge is -2.18. The molecule has 3 rings (SSSR count).